The molecule has 17 heavy (non-hydrogen) atoms. The maximum absolute atomic E-state index is 3.58. The van der Waals surface area contributed by atoms with Gasteiger partial charge in [-0.05, 0) is 40.7 Å². The Hall–Kier alpha value is 0.270. The largest absolute Gasteiger partial charge is 0.312 e. The highest BCUT2D eigenvalue weighted by Crippen LogP contribution is 2.26. The first-order valence-corrected chi connectivity index (χ1v) is 7.87. The summed E-state index contributed by atoms with van der Waals surface area (Å²) in [7, 11) is 0. The molecule has 0 aromatic heterocycles. The second-order valence-electron chi connectivity index (χ2n) is 6.53. The van der Waals surface area contributed by atoms with Crippen molar-refractivity contribution in [2.24, 2.45) is 0 Å². The maximum Gasteiger partial charge on any atom is 0.0149 e. The number of hydrogen-bond acceptors (Lipinski definition) is 3. The van der Waals surface area contributed by atoms with Crippen LogP contribution in [0.25, 0.3) is 0 Å². The molecule has 1 fully saturated rings. The molecular formula is C14H30N2S. The van der Waals surface area contributed by atoms with Crippen LogP contribution in [0.2, 0.25) is 0 Å². The first kappa shape index (κ1) is 15.3. The standard InChI is InChI=1S/C14H30N2S/c1-11(7-8-15-14(4,5)6)16-9-12(2)17-13(3)10-16/h11-13,15H,7-10H2,1-6H3. The van der Waals surface area contributed by atoms with Gasteiger partial charge in [0.15, 0.2) is 0 Å². The molecule has 1 heterocycles. The number of thioether (sulfide) groups is 1. The van der Waals surface area contributed by atoms with Crippen molar-refractivity contribution in [3.05, 3.63) is 0 Å². The van der Waals surface area contributed by atoms with Gasteiger partial charge in [0, 0.05) is 35.2 Å². The molecule has 3 unspecified atom stereocenters. The van der Waals surface area contributed by atoms with Gasteiger partial charge in [-0.3, -0.25) is 4.90 Å². The van der Waals surface area contributed by atoms with Crippen molar-refractivity contribution in [1.82, 2.24) is 10.2 Å². The van der Waals surface area contributed by atoms with Crippen LogP contribution in [0.15, 0.2) is 0 Å². The maximum atomic E-state index is 3.58. The Morgan fingerprint density at radius 3 is 2.24 bits per heavy atom. The van der Waals surface area contributed by atoms with Gasteiger partial charge in [-0.25, -0.2) is 0 Å². The minimum absolute atomic E-state index is 0.248. The lowest BCUT2D eigenvalue weighted by atomic mass is 10.1. The van der Waals surface area contributed by atoms with Gasteiger partial charge in [0.2, 0.25) is 0 Å². The first-order valence-electron chi connectivity index (χ1n) is 6.92. The Balaban J connectivity index is 2.29. The van der Waals surface area contributed by atoms with E-state index < -0.39 is 0 Å². The van der Waals surface area contributed by atoms with Gasteiger partial charge in [-0.1, -0.05) is 13.8 Å². The highest BCUT2D eigenvalue weighted by molar-refractivity contribution is 8.00. The van der Waals surface area contributed by atoms with Crippen LogP contribution in [0.5, 0.6) is 0 Å². The smallest absolute Gasteiger partial charge is 0.0149 e. The molecule has 1 saturated heterocycles. The van der Waals surface area contributed by atoms with E-state index in [1.807, 2.05) is 0 Å². The molecule has 0 spiro atoms. The predicted molar refractivity (Wildman–Crippen MR) is 79.9 cm³/mol. The van der Waals surface area contributed by atoms with E-state index in [0.29, 0.717) is 6.04 Å². The Kier molecular flexibility index (Phi) is 5.81. The monoisotopic (exact) mass is 258 g/mol. The molecule has 3 atom stereocenters. The van der Waals surface area contributed by atoms with Crippen LogP contribution in [-0.2, 0) is 0 Å². The summed E-state index contributed by atoms with van der Waals surface area (Å²) in [5.74, 6) is 0. The third kappa shape index (κ3) is 6.12. The van der Waals surface area contributed by atoms with Crippen LogP contribution < -0.4 is 5.32 Å². The Labute approximate surface area is 112 Å². The minimum atomic E-state index is 0.248. The number of nitrogens with one attached hydrogen (secondary N) is 1. The van der Waals surface area contributed by atoms with Crippen molar-refractivity contribution in [3.63, 3.8) is 0 Å². The third-order valence-corrected chi connectivity index (χ3v) is 4.52. The molecule has 1 N–H and O–H groups in total. The summed E-state index contributed by atoms with van der Waals surface area (Å²) in [5.41, 5.74) is 0.248. The van der Waals surface area contributed by atoms with E-state index in [9.17, 15) is 0 Å². The zero-order valence-electron chi connectivity index (χ0n) is 12.4. The Bertz CT molecular complexity index is 215. The number of nitrogens with zero attached hydrogens (tertiary/aromatic N) is 1. The van der Waals surface area contributed by atoms with Crippen LogP contribution in [0.1, 0.15) is 48.0 Å². The zero-order valence-corrected chi connectivity index (χ0v) is 13.2. The van der Waals surface area contributed by atoms with Crippen molar-refractivity contribution in [2.75, 3.05) is 19.6 Å². The molecule has 2 nitrogen and oxygen atoms in total. The van der Waals surface area contributed by atoms with Crippen LogP contribution in [0.3, 0.4) is 0 Å². The van der Waals surface area contributed by atoms with Gasteiger partial charge in [0.25, 0.3) is 0 Å². The second kappa shape index (κ2) is 6.44. The van der Waals surface area contributed by atoms with Crippen LogP contribution in [0, 0.1) is 0 Å². The first-order chi connectivity index (χ1) is 7.78. The van der Waals surface area contributed by atoms with Gasteiger partial charge in [0.05, 0.1) is 0 Å². The molecule has 0 aromatic rings. The van der Waals surface area contributed by atoms with Crippen LogP contribution in [0.4, 0.5) is 0 Å². The molecule has 0 aromatic carbocycles. The van der Waals surface area contributed by atoms with Gasteiger partial charge in [-0.2, -0.15) is 11.8 Å². The average Bonchev–Trinajstić information content (AvgIpc) is 2.13. The lowest BCUT2D eigenvalue weighted by Gasteiger charge is -2.38. The summed E-state index contributed by atoms with van der Waals surface area (Å²) in [4.78, 5) is 2.66. The molecule has 0 radical (unpaired) electrons. The fraction of sp³-hybridized carbons (Fsp3) is 1.00. The number of hydrogen-bond donors (Lipinski definition) is 1. The van der Waals surface area contributed by atoms with Crippen molar-refractivity contribution in [2.45, 2.75) is 70.0 Å². The summed E-state index contributed by atoms with van der Waals surface area (Å²) in [6.07, 6.45) is 1.25. The fourth-order valence-electron chi connectivity index (χ4n) is 2.42. The summed E-state index contributed by atoms with van der Waals surface area (Å²) in [5, 5.41) is 5.16. The molecule has 0 bridgehead atoms. The summed E-state index contributed by atoms with van der Waals surface area (Å²) >= 11 is 2.13. The van der Waals surface area contributed by atoms with E-state index in [0.717, 1.165) is 17.0 Å². The van der Waals surface area contributed by atoms with E-state index in [1.54, 1.807) is 0 Å². The van der Waals surface area contributed by atoms with Gasteiger partial charge in [-0.15, -0.1) is 0 Å². The van der Waals surface area contributed by atoms with Gasteiger partial charge in [0.1, 0.15) is 0 Å². The summed E-state index contributed by atoms with van der Waals surface area (Å²) < 4.78 is 0. The average molecular weight is 258 g/mol. The van der Waals surface area contributed by atoms with Gasteiger partial charge < -0.3 is 5.32 Å². The lowest BCUT2D eigenvalue weighted by Crippen LogP contribution is -2.47. The van der Waals surface area contributed by atoms with Crippen molar-refractivity contribution < 1.29 is 0 Å². The van der Waals surface area contributed by atoms with E-state index in [1.165, 1.54) is 19.5 Å². The highest BCUT2D eigenvalue weighted by Gasteiger charge is 2.25. The van der Waals surface area contributed by atoms with Crippen molar-refractivity contribution in [1.29, 1.82) is 0 Å². The van der Waals surface area contributed by atoms with Crippen LogP contribution in [-0.4, -0.2) is 46.6 Å². The molecule has 3 heteroatoms. The molecular weight excluding hydrogens is 228 g/mol. The second-order valence-corrected chi connectivity index (χ2v) is 8.41. The molecule has 0 aliphatic carbocycles. The quantitative estimate of drug-likeness (QED) is 0.834. The lowest BCUT2D eigenvalue weighted by molar-refractivity contribution is 0.193. The molecule has 1 rings (SSSR count). The predicted octanol–water partition coefficient (Wildman–Crippen LogP) is 2.98. The zero-order chi connectivity index (χ0) is 13.1. The Morgan fingerprint density at radius 1 is 1.24 bits per heavy atom. The van der Waals surface area contributed by atoms with E-state index in [4.69, 9.17) is 0 Å². The fourth-order valence-corrected chi connectivity index (χ4v) is 3.76. The van der Waals surface area contributed by atoms with Crippen molar-refractivity contribution in [3.8, 4) is 0 Å². The van der Waals surface area contributed by atoms with Gasteiger partial charge >= 0.3 is 0 Å². The SMILES string of the molecule is CC1CN(C(C)CCNC(C)(C)C)CC(C)S1. The number of rotatable bonds is 4. The molecule has 102 valence electrons. The molecule has 1 aliphatic heterocycles. The summed E-state index contributed by atoms with van der Waals surface area (Å²) in [6.45, 7) is 17.4. The third-order valence-electron chi connectivity index (χ3n) is 3.29. The van der Waals surface area contributed by atoms with Crippen molar-refractivity contribution >= 4 is 11.8 Å². The van der Waals surface area contributed by atoms with Crippen LogP contribution >= 0.6 is 11.8 Å². The topological polar surface area (TPSA) is 15.3 Å². The van der Waals surface area contributed by atoms with E-state index in [-0.39, 0.29) is 5.54 Å². The summed E-state index contributed by atoms with van der Waals surface area (Å²) in [6, 6.07) is 0.704. The molecule has 0 saturated carbocycles. The Morgan fingerprint density at radius 2 is 1.76 bits per heavy atom. The molecule has 1 aliphatic rings. The normalized spacial score (nSPS) is 29.3. The highest BCUT2D eigenvalue weighted by atomic mass is 32.2. The minimum Gasteiger partial charge on any atom is -0.312 e. The van der Waals surface area contributed by atoms with E-state index >= 15 is 0 Å². The molecule has 0 amide bonds. The van der Waals surface area contributed by atoms with E-state index in [2.05, 4.69) is 63.5 Å².